The van der Waals surface area contributed by atoms with Gasteiger partial charge in [-0.25, -0.2) is 0 Å². The third-order valence-electron chi connectivity index (χ3n) is 11.5. The standard InChI is InChI=1S/C34H67NO4.C16H34.C2H6/c1-4-7-9-11-14-20-26-33(25-19-10-8-5-2)34(37)39-31-24-18-13-16-22-29-35(27-6-3)28-21-15-12-17-23-30-38-32-36;1-4-6-8-10-11-13-15-16(3)14-12-9-7-5-2;1-2/h32-33H,4-31H2,1-3H3;16H,4-15H2,1-3H3;1-2H3. The minimum Gasteiger partial charge on any atom is -0.468 e. The van der Waals surface area contributed by atoms with Crippen LogP contribution >= 0.6 is 0 Å². The third kappa shape index (κ3) is 51.0. The first-order chi connectivity index (χ1) is 28.0. The van der Waals surface area contributed by atoms with Crippen LogP contribution in [0.25, 0.3) is 0 Å². The van der Waals surface area contributed by atoms with E-state index >= 15 is 0 Å². The molecule has 0 aromatic heterocycles. The van der Waals surface area contributed by atoms with E-state index < -0.39 is 0 Å². The van der Waals surface area contributed by atoms with Crippen molar-refractivity contribution < 1.29 is 19.1 Å². The van der Waals surface area contributed by atoms with Crippen LogP contribution in [0.15, 0.2) is 0 Å². The minimum atomic E-state index is 0.0737. The molecule has 344 valence electrons. The van der Waals surface area contributed by atoms with Gasteiger partial charge >= 0.3 is 5.97 Å². The van der Waals surface area contributed by atoms with Crippen LogP contribution in [0.5, 0.6) is 0 Å². The van der Waals surface area contributed by atoms with Crippen molar-refractivity contribution in [1.82, 2.24) is 4.90 Å². The molecule has 0 amide bonds. The topological polar surface area (TPSA) is 55.8 Å². The number of nitrogens with zero attached hydrogens (tertiary/aromatic N) is 1. The van der Waals surface area contributed by atoms with E-state index in [1.807, 2.05) is 13.8 Å². The number of hydrogen-bond acceptors (Lipinski definition) is 5. The number of carbonyl (C=O) groups is 2. The summed E-state index contributed by atoms with van der Waals surface area (Å²) >= 11 is 0. The van der Waals surface area contributed by atoms with Crippen LogP contribution < -0.4 is 0 Å². The summed E-state index contributed by atoms with van der Waals surface area (Å²) in [6, 6.07) is 0. The van der Waals surface area contributed by atoms with Gasteiger partial charge in [0, 0.05) is 0 Å². The van der Waals surface area contributed by atoms with Crippen LogP contribution in [-0.4, -0.2) is 50.2 Å². The molecule has 0 N–H and O–H groups in total. The van der Waals surface area contributed by atoms with E-state index in [2.05, 4.69) is 46.4 Å². The second kappa shape index (κ2) is 54.9. The van der Waals surface area contributed by atoms with Gasteiger partial charge in [0.2, 0.25) is 0 Å². The largest absolute Gasteiger partial charge is 0.468 e. The van der Waals surface area contributed by atoms with Crippen LogP contribution in [0, 0.1) is 11.8 Å². The lowest BCUT2D eigenvalue weighted by atomic mass is 9.94. The number of hydrogen-bond donors (Lipinski definition) is 0. The molecule has 2 atom stereocenters. The number of ether oxygens (including phenoxy) is 2. The molecule has 0 aromatic carbocycles. The smallest absolute Gasteiger partial charge is 0.308 e. The Balaban J connectivity index is -0.00000135. The molecule has 0 fully saturated rings. The fourth-order valence-corrected chi connectivity index (χ4v) is 7.71. The highest BCUT2D eigenvalue weighted by molar-refractivity contribution is 5.72. The highest BCUT2D eigenvalue weighted by Crippen LogP contribution is 2.21. The van der Waals surface area contributed by atoms with Gasteiger partial charge in [0.05, 0.1) is 19.1 Å². The zero-order valence-electron chi connectivity index (χ0n) is 40.6. The van der Waals surface area contributed by atoms with Crippen molar-refractivity contribution in [2.45, 2.75) is 280 Å². The minimum absolute atomic E-state index is 0.0737. The summed E-state index contributed by atoms with van der Waals surface area (Å²) in [5, 5.41) is 0. The fraction of sp³-hybridized carbons (Fsp3) is 0.962. The summed E-state index contributed by atoms with van der Waals surface area (Å²) in [6.45, 7) is 23.1. The van der Waals surface area contributed by atoms with E-state index in [0.717, 1.165) is 50.9 Å². The van der Waals surface area contributed by atoms with E-state index in [4.69, 9.17) is 9.47 Å². The normalized spacial score (nSPS) is 12.0. The van der Waals surface area contributed by atoms with E-state index in [0.29, 0.717) is 19.7 Å². The monoisotopic (exact) mass is 810 g/mol. The predicted molar refractivity (Wildman–Crippen MR) is 253 cm³/mol. The second-order valence-corrected chi connectivity index (χ2v) is 17.1. The Morgan fingerprint density at radius 3 is 1.21 bits per heavy atom. The molecular formula is C52H107NO4. The zero-order valence-corrected chi connectivity index (χ0v) is 40.6. The summed E-state index contributed by atoms with van der Waals surface area (Å²) < 4.78 is 10.5. The molecule has 0 spiro atoms. The van der Waals surface area contributed by atoms with Gasteiger partial charge in [-0.3, -0.25) is 9.59 Å². The number of unbranched alkanes of at least 4 members (excludes halogenated alkanes) is 24. The van der Waals surface area contributed by atoms with E-state index in [1.54, 1.807) is 0 Å². The van der Waals surface area contributed by atoms with Crippen LogP contribution in [0.4, 0.5) is 0 Å². The molecule has 57 heavy (non-hydrogen) atoms. The molecule has 2 unspecified atom stereocenters. The Hall–Kier alpha value is -1.10. The summed E-state index contributed by atoms with van der Waals surface area (Å²) in [6.07, 6.45) is 45.0. The molecule has 5 nitrogen and oxygen atoms in total. The van der Waals surface area contributed by atoms with Crippen molar-refractivity contribution in [3.05, 3.63) is 0 Å². The maximum Gasteiger partial charge on any atom is 0.308 e. The van der Waals surface area contributed by atoms with Crippen molar-refractivity contribution in [2.24, 2.45) is 11.8 Å². The molecule has 0 aliphatic heterocycles. The summed E-state index contributed by atoms with van der Waals surface area (Å²) in [5.74, 6) is 1.17. The Morgan fingerprint density at radius 1 is 0.439 bits per heavy atom. The summed E-state index contributed by atoms with van der Waals surface area (Å²) in [5.41, 5.74) is 0. The molecule has 0 aromatic rings. The van der Waals surface area contributed by atoms with Crippen molar-refractivity contribution in [1.29, 1.82) is 0 Å². The van der Waals surface area contributed by atoms with Crippen molar-refractivity contribution in [3.63, 3.8) is 0 Å². The first kappa shape index (κ1) is 60.2. The van der Waals surface area contributed by atoms with Crippen molar-refractivity contribution in [2.75, 3.05) is 32.8 Å². The Kier molecular flexibility index (Phi) is 58.0. The number of rotatable bonds is 44. The van der Waals surface area contributed by atoms with Crippen LogP contribution in [0.2, 0.25) is 0 Å². The Labute approximate surface area is 360 Å². The van der Waals surface area contributed by atoms with Gasteiger partial charge in [0.15, 0.2) is 0 Å². The maximum absolute atomic E-state index is 12.8. The lowest BCUT2D eigenvalue weighted by molar-refractivity contribution is -0.149. The Bertz CT molecular complexity index is 731. The van der Waals surface area contributed by atoms with E-state index in [-0.39, 0.29) is 11.9 Å². The molecule has 0 rings (SSSR count). The quantitative estimate of drug-likeness (QED) is 0.0349. The molecular weight excluding hydrogens is 703 g/mol. The van der Waals surface area contributed by atoms with Gasteiger partial charge in [0.25, 0.3) is 6.47 Å². The number of carbonyl (C=O) groups excluding carboxylic acids is 2. The third-order valence-corrected chi connectivity index (χ3v) is 11.5. The molecule has 0 saturated heterocycles. The zero-order chi connectivity index (χ0) is 42.7. The lowest BCUT2D eigenvalue weighted by Gasteiger charge is -2.21. The highest BCUT2D eigenvalue weighted by atomic mass is 16.5. The molecule has 0 radical (unpaired) electrons. The highest BCUT2D eigenvalue weighted by Gasteiger charge is 2.19. The molecule has 0 aliphatic carbocycles. The molecule has 0 bridgehead atoms. The predicted octanol–water partition coefficient (Wildman–Crippen LogP) is 17.0. The average Bonchev–Trinajstić information content (AvgIpc) is 3.22. The van der Waals surface area contributed by atoms with Gasteiger partial charge in [0.1, 0.15) is 0 Å². The SMILES string of the molecule is CC.CCCCCCCCC(C)CCCCCC.CCCCCCCCC(CCCCCC)C(=O)OCCCCCCCN(CCC)CCCCCCCOC=O. The van der Waals surface area contributed by atoms with Crippen LogP contribution in [0.3, 0.4) is 0 Å². The second-order valence-electron chi connectivity index (χ2n) is 17.1. The average molecular weight is 810 g/mol. The van der Waals surface area contributed by atoms with Gasteiger partial charge in [-0.2, -0.15) is 0 Å². The van der Waals surface area contributed by atoms with Gasteiger partial charge in [-0.05, 0) is 70.5 Å². The van der Waals surface area contributed by atoms with Crippen LogP contribution in [0.1, 0.15) is 280 Å². The lowest BCUT2D eigenvalue weighted by Crippen LogP contribution is -2.27. The molecule has 0 aliphatic rings. The van der Waals surface area contributed by atoms with E-state index in [9.17, 15) is 9.59 Å². The fourth-order valence-electron chi connectivity index (χ4n) is 7.71. The molecule has 5 heteroatoms. The van der Waals surface area contributed by atoms with Crippen LogP contribution in [-0.2, 0) is 19.1 Å². The van der Waals surface area contributed by atoms with Crippen molar-refractivity contribution >= 4 is 12.4 Å². The van der Waals surface area contributed by atoms with Crippen molar-refractivity contribution in [3.8, 4) is 0 Å². The summed E-state index contributed by atoms with van der Waals surface area (Å²) in [4.78, 5) is 25.6. The maximum atomic E-state index is 12.8. The Morgan fingerprint density at radius 2 is 0.789 bits per heavy atom. The first-order valence-corrected chi connectivity index (χ1v) is 25.9. The van der Waals surface area contributed by atoms with Gasteiger partial charge < -0.3 is 14.4 Å². The van der Waals surface area contributed by atoms with E-state index in [1.165, 1.54) is 199 Å². The summed E-state index contributed by atoms with van der Waals surface area (Å²) in [7, 11) is 0. The number of esters is 1. The van der Waals surface area contributed by atoms with Gasteiger partial charge in [-0.15, -0.1) is 0 Å². The van der Waals surface area contributed by atoms with Gasteiger partial charge in [-0.1, -0.05) is 235 Å². The first-order valence-electron chi connectivity index (χ1n) is 25.9. The molecule has 0 saturated carbocycles. The molecule has 0 heterocycles.